The number of imidazole rings is 1. The summed E-state index contributed by atoms with van der Waals surface area (Å²) in [6, 6.07) is 10.9. The number of hydrogen-bond acceptors (Lipinski definition) is 4. The number of benzene rings is 2. The molecule has 0 aliphatic carbocycles. The van der Waals surface area contributed by atoms with Crippen molar-refractivity contribution in [2.24, 2.45) is 5.92 Å². The minimum atomic E-state index is -4.90. The smallest absolute Gasteiger partial charge is 0.493 e. The number of rotatable bonds is 11. The highest BCUT2D eigenvalue weighted by atomic mass is 19.4. The lowest BCUT2D eigenvalue weighted by molar-refractivity contribution is -0.274. The molecule has 0 saturated heterocycles. The number of aromatic nitrogens is 2. The zero-order valence-electron chi connectivity index (χ0n) is 19.6. The Balaban J connectivity index is 1.83. The molecule has 3 aromatic rings. The summed E-state index contributed by atoms with van der Waals surface area (Å²) in [4.78, 5) is 14.7. The zero-order chi connectivity index (χ0) is 27.2. The van der Waals surface area contributed by atoms with Gasteiger partial charge in [-0.15, -0.1) is 13.2 Å². The van der Waals surface area contributed by atoms with Crippen molar-refractivity contribution < 1.29 is 45.7 Å². The Bertz CT molecular complexity index is 1190. The van der Waals surface area contributed by atoms with Gasteiger partial charge >= 0.3 is 18.5 Å². The average molecular weight is 530 g/mol. The van der Waals surface area contributed by atoms with Crippen molar-refractivity contribution in [2.75, 3.05) is 6.61 Å². The van der Waals surface area contributed by atoms with E-state index in [1.165, 1.54) is 12.1 Å². The van der Waals surface area contributed by atoms with Crippen molar-refractivity contribution in [1.29, 1.82) is 0 Å². The first kappa shape index (κ1) is 27.9. The number of hydrogen-bond donors (Lipinski definition) is 1. The third-order valence-electron chi connectivity index (χ3n) is 5.42. The number of ether oxygens (including phenoxy) is 2. The number of carboxylic acid groups (broad SMARTS) is 1. The van der Waals surface area contributed by atoms with Crippen LogP contribution in [0.3, 0.4) is 0 Å². The fourth-order valence-corrected chi connectivity index (χ4v) is 3.76. The molecule has 1 unspecified atom stereocenters. The first-order valence-electron chi connectivity index (χ1n) is 11.2. The Morgan fingerprint density at radius 2 is 1.73 bits per heavy atom. The van der Waals surface area contributed by atoms with E-state index in [4.69, 9.17) is 9.84 Å². The molecule has 0 radical (unpaired) electrons. The SMILES string of the molecule is CC(CCCOc1ccccc1Cn1c(C(F)(F)F)cnc1-c1ccc(OC(F)(F)F)cc1)CC(=O)O. The predicted octanol–water partition coefficient (Wildman–Crippen LogP) is 6.79. The van der Waals surface area contributed by atoms with Gasteiger partial charge in [0.25, 0.3) is 0 Å². The number of nitrogens with zero attached hydrogens (tertiary/aromatic N) is 2. The van der Waals surface area contributed by atoms with E-state index in [-0.39, 0.29) is 36.9 Å². The van der Waals surface area contributed by atoms with Crippen molar-refractivity contribution in [1.82, 2.24) is 9.55 Å². The van der Waals surface area contributed by atoms with Gasteiger partial charge in [-0.25, -0.2) is 4.98 Å². The third-order valence-corrected chi connectivity index (χ3v) is 5.42. The molecule has 0 saturated carbocycles. The van der Waals surface area contributed by atoms with Crippen LogP contribution in [0, 0.1) is 5.92 Å². The van der Waals surface area contributed by atoms with E-state index in [2.05, 4.69) is 9.72 Å². The van der Waals surface area contributed by atoms with Crippen molar-refractivity contribution in [2.45, 2.75) is 45.3 Å². The van der Waals surface area contributed by atoms with Crippen LogP contribution in [0.15, 0.2) is 54.7 Å². The van der Waals surface area contributed by atoms with Crippen LogP contribution in [0.25, 0.3) is 11.4 Å². The first-order chi connectivity index (χ1) is 17.3. The molecule has 12 heteroatoms. The number of alkyl halides is 6. The second-order valence-electron chi connectivity index (χ2n) is 8.42. The van der Waals surface area contributed by atoms with Crippen LogP contribution in [0.1, 0.15) is 37.4 Å². The van der Waals surface area contributed by atoms with Crippen LogP contribution in [-0.4, -0.2) is 33.6 Å². The molecule has 6 nitrogen and oxygen atoms in total. The Morgan fingerprint density at radius 1 is 1.05 bits per heavy atom. The van der Waals surface area contributed by atoms with Gasteiger partial charge in [-0.3, -0.25) is 4.79 Å². The van der Waals surface area contributed by atoms with Gasteiger partial charge in [0.2, 0.25) is 0 Å². The molecule has 1 heterocycles. The monoisotopic (exact) mass is 530 g/mol. The van der Waals surface area contributed by atoms with E-state index < -0.39 is 30.0 Å². The molecule has 0 bridgehead atoms. The largest absolute Gasteiger partial charge is 0.573 e. The number of para-hydroxylation sites is 1. The van der Waals surface area contributed by atoms with Gasteiger partial charge in [0.05, 0.1) is 19.3 Å². The second-order valence-corrected chi connectivity index (χ2v) is 8.42. The summed E-state index contributed by atoms with van der Waals surface area (Å²) < 4.78 is 89.2. The van der Waals surface area contributed by atoms with Crippen LogP contribution >= 0.6 is 0 Å². The molecular weight excluding hydrogens is 506 g/mol. The quantitative estimate of drug-likeness (QED) is 0.218. The highest BCUT2D eigenvalue weighted by molar-refractivity contribution is 5.66. The zero-order valence-corrected chi connectivity index (χ0v) is 19.6. The van der Waals surface area contributed by atoms with Gasteiger partial charge in [0.15, 0.2) is 0 Å². The van der Waals surface area contributed by atoms with Crippen molar-refractivity contribution >= 4 is 5.97 Å². The Labute approximate surface area is 208 Å². The number of halogens is 6. The molecule has 0 fully saturated rings. The summed E-state index contributed by atoms with van der Waals surface area (Å²) in [7, 11) is 0. The van der Waals surface area contributed by atoms with Crippen molar-refractivity contribution in [3.05, 3.63) is 66.0 Å². The third kappa shape index (κ3) is 8.16. The summed E-state index contributed by atoms with van der Waals surface area (Å²) >= 11 is 0. The Kier molecular flexibility index (Phi) is 8.72. The minimum absolute atomic E-state index is 0.0313. The van der Waals surface area contributed by atoms with E-state index in [1.807, 2.05) is 6.92 Å². The minimum Gasteiger partial charge on any atom is -0.493 e. The fourth-order valence-electron chi connectivity index (χ4n) is 3.76. The average Bonchev–Trinajstić information content (AvgIpc) is 3.21. The van der Waals surface area contributed by atoms with E-state index in [9.17, 15) is 31.1 Å². The lowest BCUT2D eigenvalue weighted by Crippen LogP contribution is -2.17. The maximum atomic E-state index is 13.8. The van der Waals surface area contributed by atoms with Gasteiger partial charge in [-0.2, -0.15) is 13.2 Å². The summed E-state index contributed by atoms with van der Waals surface area (Å²) in [5.74, 6) is -1.19. The number of carbonyl (C=O) groups is 1. The maximum absolute atomic E-state index is 13.8. The maximum Gasteiger partial charge on any atom is 0.573 e. The molecule has 200 valence electrons. The molecule has 2 aromatic carbocycles. The molecular formula is C25H24F6N2O4. The normalized spacial score (nSPS) is 12.8. The molecule has 1 aromatic heterocycles. The van der Waals surface area contributed by atoms with Crippen molar-refractivity contribution in [3.63, 3.8) is 0 Å². The summed E-state index contributed by atoms with van der Waals surface area (Å²) in [5, 5.41) is 8.85. The van der Waals surface area contributed by atoms with E-state index in [0.717, 1.165) is 16.7 Å². The van der Waals surface area contributed by atoms with Gasteiger partial charge in [0, 0.05) is 17.5 Å². The molecule has 3 rings (SSSR count). The highest BCUT2D eigenvalue weighted by Crippen LogP contribution is 2.35. The summed E-state index contributed by atoms with van der Waals surface area (Å²) in [6.45, 7) is 1.78. The van der Waals surface area contributed by atoms with Gasteiger partial charge in [0.1, 0.15) is 23.0 Å². The van der Waals surface area contributed by atoms with Gasteiger partial charge < -0.3 is 19.1 Å². The molecule has 0 amide bonds. The van der Waals surface area contributed by atoms with Crippen LogP contribution in [0.2, 0.25) is 0 Å². The molecule has 0 aliphatic rings. The standard InChI is InChI=1S/C25H24F6N2O4/c1-16(13-22(34)35)5-4-12-36-20-7-3-2-6-18(20)15-33-21(24(26,27)28)14-32-23(33)17-8-10-19(11-9-17)37-25(29,30)31/h2-3,6-11,14,16H,4-5,12-13,15H2,1H3,(H,34,35). The lowest BCUT2D eigenvalue weighted by atomic mass is 10.0. The Morgan fingerprint density at radius 3 is 2.35 bits per heavy atom. The Hall–Kier alpha value is -3.70. The first-order valence-corrected chi connectivity index (χ1v) is 11.2. The molecule has 1 N–H and O–H groups in total. The highest BCUT2D eigenvalue weighted by Gasteiger charge is 2.36. The molecule has 0 spiro atoms. The van der Waals surface area contributed by atoms with E-state index in [1.54, 1.807) is 24.3 Å². The fraction of sp³-hybridized carbons (Fsp3) is 0.360. The summed E-state index contributed by atoms with van der Waals surface area (Å²) in [5.41, 5.74) is -0.436. The predicted molar refractivity (Wildman–Crippen MR) is 121 cm³/mol. The number of carboxylic acids is 1. The van der Waals surface area contributed by atoms with Crippen LogP contribution in [-0.2, 0) is 17.5 Å². The second kappa shape index (κ2) is 11.6. The topological polar surface area (TPSA) is 73.6 Å². The molecule has 0 aliphatic heterocycles. The van der Waals surface area contributed by atoms with Crippen molar-refractivity contribution in [3.8, 4) is 22.9 Å². The van der Waals surface area contributed by atoms with Crippen LogP contribution in [0.5, 0.6) is 11.5 Å². The van der Waals surface area contributed by atoms with E-state index in [0.29, 0.717) is 30.4 Å². The molecule has 1 atom stereocenters. The summed E-state index contributed by atoms with van der Waals surface area (Å²) in [6.07, 6.45) is -7.78. The van der Waals surface area contributed by atoms with Crippen LogP contribution in [0.4, 0.5) is 26.3 Å². The van der Waals surface area contributed by atoms with Crippen LogP contribution < -0.4 is 9.47 Å². The van der Waals surface area contributed by atoms with Gasteiger partial charge in [-0.05, 0) is 49.1 Å². The van der Waals surface area contributed by atoms with E-state index >= 15 is 0 Å². The number of aliphatic carboxylic acids is 1. The van der Waals surface area contributed by atoms with Gasteiger partial charge in [-0.1, -0.05) is 25.1 Å². The molecule has 37 heavy (non-hydrogen) atoms. The lowest BCUT2D eigenvalue weighted by Gasteiger charge is -2.17.